The van der Waals surface area contributed by atoms with Crippen LogP contribution in [-0.2, 0) is 0 Å². The van der Waals surface area contributed by atoms with Crippen molar-refractivity contribution in [2.45, 2.75) is 5.92 Å². The number of nitrogens with zero attached hydrogens (tertiary/aromatic N) is 6. The maximum atomic E-state index is 9.23. The van der Waals surface area contributed by atoms with Gasteiger partial charge in [0, 0.05) is 22.5 Å². The van der Waals surface area contributed by atoms with Crippen molar-refractivity contribution in [3.8, 4) is 23.5 Å². The maximum Gasteiger partial charge on any atom is 0.249 e. The van der Waals surface area contributed by atoms with E-state index < -0.39 is 5.92 Å². The summed E-state index contributed by atoms with van der Waals surface area (Å²) in [5, 5.41) is 29.1. The third-order valence-corrected chi connectivity index (χ3v) is 4.80. The van der Waals surface area contributed by atoms with Gasteiger partial charge < -0.3 is 0 Å². The smallest absolute Gasteiger partial charge is 0.196 e. The molecule has 0 aliphatic rings. The fourth-order valence-corrected chi connectivity index (χ4v) is 3.39. The largest absolute Gasteiger partial charge is 0.249 e. The standard InChI is InChI=1S/C21H12N6S/c22-12-15(13-23)16-10-11-19(18-9-5-4-8-17(16)18)25-26-21-24-20(27-28-21)14-6-2-1-3-7-14/h1-11,15H. The van der Waals surface area contributed by atoms with Crippen molar-refractivity contribution in [1.29, 1.82) is 10.5 Å². The molecule has 0 aliphatic heterocycles. The predicted molar refractivity (Wildman–Crippen MR) is 107 cm³/mol. The Morgan fingerprint density at radius 2 is 1.54 bits per heavy atom. The minimum Gasteiger partial charge on any atom is -0.196 e. The van der Waals surface area contributed by atoms with Crippen molar-refractivity contribution < 1.29 is 0 Å². The van der Waals surface area contributed by atoms with Gasteiger partial charge in [0.15, 0.2) is 11.7 Å². The number of azo groups is 1. The Balaban J connectivity index is 1.70. The average Bonchev–Trinajstić information content (AvgIpc) is 3.23. The van der Waals surface area contributed by atoms with Crippen LogP contribution < -0.4 is 0 Å². The fraction of sp³-hybridized carbons (Fsp3) is 0.0476. The number of hydrogen-bond donors (Lipinski definition) is 0. The lowest BCUT2D eigenvalue weighted by Gasteiger charge is -2.08. The zero-order chi connectivity index (χ0) is 19.3. The van der Waals surface area contributed by atoms with Gasteiger partial charge >= 0.3 is 0 Å². The van der Waals surface area contributed by atoms with Gasteiger partial charge in [-0.3, -0.25) is 0 Å². The van der Waals surface area contributed by atoms with Gasteiger partial charge in [0.1, 0.15) is 0 Å². The minimum absolute atomic E-state index is 0.457. The van der Waals surface area contributed by atoms with Gasteiger partial charge in [0.25, 0.3) is 0 Å². The van der Waals surface area contributed by atoms with E-state index >= 15 is 0 Å². The molecule has 4 rings (SSSR count). The number of aromatic nitrogens is 2. The fourth-order valence-electron chi connectivity index (χ4n) is 2.87. The Kier molecular flexibility index (Phi) is 4.83. The van der Waals surface area contributed by atoms with Crippen LogP contribution in [0, 0.1) is 22.7 Å². The molecule has 0 amide bonds. The van der Waals surface area contributed by atoms with Crippen LogP contribution in [0.15, 0.2) is 77.0 Å². The van der Waals surface area contributed by atoms with Crippen LogP contribution >= 0.6 is 11.5 Å². The first-order chi connectivity index (χ1) is 13.8. The summed E-state index contributed by atoms with van der Waals surface area (Å²) in [4.78, 5) is 4.41. The van der Waals surface area contributed by atoms with Crippen molar-refractivity contribution in [2.75, 3.05) is 0 Å². The highest BCUT2D eigenvalue weighted by molar-refractivity contribution is 7.09. The zero-order valence-electron chi connectivity index (χ0n) is 14.5. The monoisotopic (exact) mass is 380 g/mol. The first-order valence-corrected chi connectivity index (χ1v) is 9.19. The molecule has 1 heterocycles. The van der Waals surface area contributed by atoms with E-state index in [4.69, 9.17) is 0 Å². The zero-order valence-corrected chi connectivity index (χ0v) is 15.3. The van der Waals surface area contributed by atoms with Crippen LogP contribution in [0.25, 0.3) is 22.2 Å². The highest BCUT2D eigenvalue weighted by Crippen LogP contribution is 2.33. The van der Waals surface area contributed by atoms with Gasteiger partial charge in [-0.1, -0.05) is 60.7 Å². The van der Waals surface area contributed by atoms with Crippen molar-refractivity contribution in [3.63, 3.8) is 0 Å². The summed E-state index contributed by atoms with van der Waals surface area (Å²) in [5.41, 5.74) is 2.24. The van der Waals surface area contributed by atoms with E-state index in [0.717, 1.165) is 16.3 Å². The molecule has 0 radical (unpaired) electrons. The summed E-state index contributed by atoms with van der Waals surface area (Å²) < 4.78 is 4.33. The Bertz CT molecular complexity index is 1230. The number of hydrogen-bond acceptors (Lipinski definition) is 7. The summed E-state index contributed by atoms with van der Waals surface area (Å²) in [6, 6.07) is 24.8. The molecule has 0 spiro atoms. The van der Waals surface area contributed by atoms with Crippen molar-refractivity contribution in [1.82, 2.24) is 9.36 Å². The molecule has 4 aromatic rings. The van der Waals surface area contributed by atoms with Gasteiger partial charge in [0.05, 0.1) is 17.8 Å². The molecule has 28 heavy (non-hydrogen) atoms. The quantitative estimate of drug-likeness (QED) is 0.411. The predicted octanol–water partition coefficient (Wildman–Crippen LogP) is 5.90. The summed E-state index contributed by atoms with van der Waals surface area (Å²) in [6.07, 6.45) is 0. The molecule has 0 saturated carbocycles. The second-order valence-corrected chi connectivity index (χ2v) is 6.61. The van der Waals surface area contributed by atoms with Gasteiger partial charge in [-0.2, -0.15) is 19.9 Å². The molecule has 0 N–H and O–H groups in total. The number of fused-ring (bicyclic) bond motifs is 1. The molecule has 0 aliphatic carbocycles. The maximum absolute atomic E-state index is 9.23. The topological polar surface area (TPSA) is 98.1 Å². The van der Waals surface area contributed by atoms with Crippen LogP contribution in [0.1, 0.15) is 11.5 Å². The second kappa shape index (κ2) is 7.75. The highest BCUT2D eigenvalue weighted by atomic mass is 32.1. The molecule has 0 unspecified atom stereocenters. The van der Waals surface area contributed by atoms with Gasteiger partial charge in [-0.15, -0.1) is 10.2 Å². The minimum atomic E-state index is -0.826. The lowest BCUT2D eigenvalue weighted by atomic mass is 9.94. The molecule has 0 fully saturated rings. The van der Waals surface area contributed by atoms with Crippen molar-refractivity contribution >= 4 is 33.1 Å². The van der Waals surface area contributed by atoms with Crippen LogP contribution in [-0.4, -0.2) is 9.36 Å². The van der Waals surface area contributed by atoms with E-state index in [9.17, 15) is 10.5 Å². The van der Waals surface area contributed by atoms with Gasteiger partial charge in [0.2, 0.25) is 5.13 Å². The molecular formula is C21H12N6S. The van der Waals surface area contributed by atoms with E-state index in [1.807, 2.05) is 66.7 Å². The van der Waals surface area contributed by atoms with Crippen molar-refractivity contribution in [2.24, 2.45) is 10.2 Å². The molecule has 7 heteroatoms. The summed E-state index contributed by atoms with van der Waals surface area (Å²) in [6.45, 7) is 0. The van der Waals surface area contributed by atoms with Crippen LogP contribution in [0.4, 0.5) is 10.8 Å². The number of rotatable bonds is 4. The summed E-state index contributed by atoms with van der Waals surface area (Å²) in [5.74, 6) is -0.210. The number of benzene rings is 3. The van der Waals surface area contributed by atoms with Crippen molar-refractivity contribution in [3.05, 3.63) is 72.3 Å². The van der Waals surface area contributed by atoms with Crippen LogP contribution in [0.3, 0.4) is 0 Å². The van der Waals surface area contributed by atoms with E-state index in [2.05, 4.69) is 19.6 Å². The van der Waals surface area contributed by atoms with Crippen LogP contribution in [0.5, 0.6) is 0 Å². The molecule has 132 valence electrons. The molecule has 0 bridgehead atoms. The third kappa shape index (κ3) is 3.35. The molecule has 6 nitrogen and oxygen atoms in total. The van der Waals surface area contributed by atoms with E-state index in [-0.39, 0.29) is 0 Å². The van der Waals surface area contributed by atoms with E-state index in [0.29, 0.717) is 22.2 Å². The number of nitriles is 2. The van der Waals surface area contributed by atoms with Gasteiger partial charge in [-0.05, 0) is 17.0 Å². The molecule has 3 aromatic carbocycles. The Morgan fingerprint density at radius 1 is 0.821 bits per heavy atom. The summed E-state index contributed by atoms with van der Waals surface area (Å²) >= 11 is 1.18. The first-order valence-electron chi connectivity index (χ1n) is 8.42. The average molecular weight is 380 g/mol. The summed E-state index contributed by atoms with van der Waals surface area (Å²) in [7, 11) is 0. The lowest BCUT2D eigenvalue weighted by Crippen LogP contribution is -1.93. The SMILES string of the molecule is N#CC(C#N)c1ccc(N=Nc2nc(-c3ccccc3)ns2)c2ccccc12. The Morgan fingerprint density at radius 3 is 2.29 bits per heavy atom. The first kappa shape index (κ1) is 17.5. The van der Waals surface area contributed by atoms with Gasteiger partial charge in [-0.25, -0.2) is 0 Å². The third-order valence-electron chi connectivity index (χ3n) is 4.19. The van der Waals surface area contributed by atoms with Crippen LogP contribution in [0.2, 0.25) is 0 Å². The lowest BCUT2D eigenvalue weighted by molar-refractivity contribution is 1.12. The normalized spacial score (nSPS) is 11.0. The molecular weight excluding hydrogens is 368 g/mol. The molecule has 0 atom stereocenters. The second-order valence-electron chi connectivity index (χ2n) is 5.88. The Hall–Kier alpha value is -3.94. The van der Waals surface area contributed by atoms with E-state index in [1.54, 1.807) is 12.1 Å². The van der Waals surface area contributed by atoms with E-state index in [1.165, 1.54) is 11.5 Å². The highest BCUT2D eigenvalue weighted by Gasteiger charge is 2.14. The Labute approximate surface area is 165 Å². The molecule has 0 saturated heterocycles. The molecule has 1 aromatic heterocycles.